The highest BCUT2D eigenvalue weighted by molar-refractivity contribution is 9.10. The second-order valence-electron chi connectivity index (χ2n) is 8.84. The Morgan fingerprint density at radius 2 is 1.78 bits per heavy atom. The molecule has 2 fully saturated rings. The van der Waals surface area contributed by atoms with Crippen molar-refractivity contribution in [3.63, 3.8) is 0 Å². The summed E-state index contributed by atoms with van der Waals surface area (Å²) in [6.45, 7) is 5.74. The van der Waals surface area contributed by atoms with E-state index in [1.165, 1.54) is 0 Å². The maximum atomic E-state index is 13.5. The summed E-state index contributed by atoms with van der Waals surface area (Å²) in [6, 6.07) is 16.3. The minimum atomic E-state index is -0.336. The number of amides is 1. The molecule has 0 unspecified atom stereocenters. The van der Waals surface area contributed by atoms with Crippen LogP contribution in [0.25, 0.3) is 11.4 Å². The molecule has 7 heteroatoms. The van der Waals surface area contributed by atoms with Crippen LogP contribution in [-0.2, 0) is 16.8 Å². The second-order valence-corrected chi connectivity index (χ2v) is 9.75. The molecule has 0 N–H and O–H groups in total. The van der Waals surface area contributed by atoms with Gasteiger partial charge in [-0.05, 0) is 43.0 Å². The van der Waals surface area contributed by atoms with Gasteiger partial charge in [-0.15, -0.1) is 0 Å². The molecule has 2 heterocycles. The summed E-state index contributed by atoms with van der Waals surface area (Å²) in [7, 11) is 0. The van der Waals surface area contributed by atoms with Crippen molar-refractivity contribution >= 4 is 21.8 Å². The summed E-state index contributed by atoms with van der Waals surface area (Å²) in [4.78, 5) is 22.4. The lowest BCUT2D eigenvalue weighted by atomic mass is 9.63. The Kier molecular flexibility index (Phi) is 5.86. The van der Waals surface area contributed by atoms with E-state index in [9.17, 15) is 4.79 Å². The molecule has 0 radical (unpaired) electrons. The summed E-state index contributed by atoms with van der Waals surface area (Å²) < 4.78 is 6.56. The van der Waals surface area contributed by atoms with Gasteiger partial charge in [0.05, 0.1) is 12.0 Å². The number of piperazine rings is 1. The van der Waals surface area contributed by atoms with Crippen LogP contribution in [0.2, 0.25) is 0 Å². The lowest BCUT2D eigenvalue weighted by molar-refractivity contribution is -0.142. The summed E-state index contributed by atoms with van der Waals surface area (Å²) in [6.07, 6.45) is 3.00. The number of benzene rings is 2. The summed E-state index contributed by atoms with van der Waals surface area (Å²) >= 11 is 3.50. The Bertz CT molecular complexity index is 1100. The van der Waals surface area contributed by atoms with E-state index in [-0.39, 0.29) is 11.3 Å². The van der Waals surface area contributed by atoms with Crippen LogP contribution in [0.4, 0.5) is 0 Å². The van der Waals surface area contributed by atoms with Crippen LogP contribution in [0.5, 0.6) is 0 Å². The smallest absolute Gasteiger partial charge is 0.241 e. The van der Waals surface area contributed by atoms with Crippen LogP contribution >= 0.6 is 15.9 Å². The lowest BCUT2D eigenvalue weighted by Gasteiger charge is -2.46. The van der Waals surface area contributed by atoms with E-state index in [0.29, 0.717) is 18.3 Å². The standard InChI is InChI=1S/C25H27BrN4O2/c1-18-5-2-3-6-21(18)23-27-22(32-28-23)17-29-13-15-30(16-14-29)24(31)25(11-4-12-25)19-7-9-20(26)10-8-19/h2-3,5-10H,4,11-17H2,1H3. The quantitative estimate of drug-likeness (QED) is 0.519. The third kappa shape index (κ3) is 3.99. The van der Waals surface area contributed by atoms with Crippen LogP contribution in [0.1, 0.15) is 36.3 Å². The van der Waals surface area contributed by atoms with Crippen LogP contribution < -0.4 is 0 Å². The molecular formula is C25H27BrN4O2. The summed E-state index contributed by atoms with van der Waals surface area (Å²) in [5.41, 5.74) is 2.94. The van der Waals surface area contributed by atoms with E-state index in [1.807, 2.05) is 48.2 Å². The van der Waals surface area contributed by atoms with Gasteiger partial charge in [0.15, 0.2) is 0 Å². The Morgan fingerprint density at radius 1 is 1.06 bits per heavy atom. The average Bonchev–Trinajstić information content (AvgIpc) is 3.23. The van der Waals surface area contributed by atoms with Gasteiger partial charge in [-0.2, -0.15) is 4.98 Å². The van der Waals surface area contributed by atoms with E-state index in [0.717, 1.165) is 66.6 Å². The molecule has 0 spiro atoms. The first-order chi connectivity index (χ1) is 15.5. The number of carbonyl (C=O) groups is 1. The highest BCUT2D eigenvalue weighted by atomic mass is 79.9. The van der Waals surface area contributed by atoms with E-state index in [1.54, 1.807) is 0 Å². The van der Waals surface area contributed by atoms with Gasteiger partial charge in [0.25, 0.3) is 0 Å². The molecule has 1 aliphatic heterocycles. The Morgan fingerprint density at radius 3 is 2.44 bits per heavy atom. The van der Waals surface area contributed by atoms with Crippen molar-refractivity contribution in [2.45, 2.75) is 38.1 Å². The fraction of sp³-hybridized carbons (Fsp3) is 0.400. The number of aryl methyl sites for hydroxylation is 1. The fourth-order valence-electron chi connectivity index (χ4n) is 4.78. The first kappa shape index (κ1) is 21.3. The van der Waals surface area contributed by atoms with Gasteiger partial charge in [0.2, 0.25) is 17.6 Å². The molecule has 32 heavy (non-hydrogen) atoms. The van der Waals surface area contributed by atoms with Crippen LogP contribution in [0.3, 0.4) is 0 Å². The van der Waals surface area contributed by atoms with Crippen molar-refractivity contribution < 1.29 is 9.32 Å². The van der Waals surface area contributed by atoms with Gasteiger partial charge in [-0.25, -0.2) is 0 Å². The molecule has 1 saturated carbocycles. The number of carbonyl (C=O) groups excluding carboxylic acids is 1. The largest absolute Gasteiger partial charge is 0.339 e. The maximum Gasteiger partial charge on any atom is 0.241 e. The maximum absolute atomic E-state index is 13.5. The van der Waals surface area contributed by atoms with Crippen molar-refractivity contribution in [2.24, 2.45) is 0 Å². The molecule has 1 saturated heterocycles. The molecule has 1 amide bonds. The Labute approximate surface area is 196 Å². The zero-order valence-electron chi connectivity index (χ0n) is 18.3. The number of halogens is 1. The number of rotatable bonds is 5. The van der Waals surface area contributed by atoms with Crippen LogP contribution in [-0.4, -0.2) is 52.0 Å². The highest BCUT2D eigenvalue weighted by Crippen LogP contribution is 2.45. The molecule has 166 valence electrons. The minimum absolute atomic E-state index is 0.283. The molecule has 2 aromatic carbocycles. The van der Waals surface area contributed by atoms with Gasteiger partial charge in [-0.1, -0.05) is 63.9 Å². The van der Waals surface area contributed by atoms with Crippen molar-refractivity contribution in [2.75, 3.05) is 26.2 Å². The molecule has 3 aromatic rings. The third-order valence-corrected chi connectivity index (χ3v) is 7.41. The second kappa shape index (κ2) is 8.79. The Balaban J connectivity index is 1.21. The molecule has 2 aliphatic rings. The predicted molar refractivity (Wildman–Crippen MR) is 126 cm³/mol. The molecule has 6 nitrogen and oxygen atoms in total. The van der Waals surface area contributed by atoms with Crippen molar-refractivity contribution in [3.05, 3.63) is 70.0 Å². The number of hydrogen-bond donors (Lipinski definition) is 0. The molecule has 0 bridgehead atoms. The fourth-order valence-corrected chi connectivity index (χ4v) is 5.04. The van der Waals surface area contributed by atoms with Crippen molar-refractivity contribution in [1.82, 2.24) is 19.9 Å². The number of nitrogens with zero attached hydrogens (tertiary/aromatic N) is 4. The van der Waals surface area contributed by atoms with Crippen molar-refractivity contribution in [3.8, 4) is 11.4 Å². The lowest BCUT2D eigenvalue weighted by Crippen LogP contribution is -2.56. The summed E-state index contributed by atoms with van der Waals surface area (Å²) in [5, 5.41) is 4.17. The molecule has 1 aliphatic carbocycles. The van der Waals surface area contributed by atoms with Gasteiger partial charge in [-0.3, -0.25) is 9.69 Å². The van der Waals surface area contributed by atoms with E-state index in [2.05, 4.69) is 43.1 Å². The van der Waals surface area contributed by atoms with Gasteiger partial charge in [0.1, 0.15) is 0 Å². The average molecular weight is 495 g/mol. The zero-order chi connectivity index (χ0) is 22.1. The zero-order valence-corrected chi connectivity index (χ0v) is 19.8. The number of hydrogen-bond acceptors (Lipinski definition) is 5. The van der Waals surface area contributed by atoms with E-state index in [4.69, 9.17) is 4.52 Å². The molecule has 5 rings (SSSR count). The first-order valence-corrected chi connectivity index (χ1v) is 12.0. The SMILES string of the molecule is Cc1ccccc1-c1noc(CN2CCN(C(=O)C3(c4ccc(Br)cc4)CCC3)CC2)n1. The Hall–Kier alpha value is -2.51. The molecular weight excluding hydrogens is 468 g/mol. The monoisotopic (exact) mass is 494 g/mol. The van der Waals surface area contributed by atoms with Gasteiger partial charge in [0, 0.05) is 36.2 Å². The third-order valence-electron chi connectivity index (χ3n) is 6.89. The topological polar surface area (TPSA) is 62.5 Å². The number of aromatic nitrogens is 2. The summed E-state index contributed by atoms with van der Waals surface area (Å²) in [5.74, 6) is 1.53. The highest BCUT2D eigenvalue weighted by Gasteiger charge is 2.47. The molecule has 1 aromatic heterocycles. The van der Waals surface area contributed by atoms with E-state index >= 15 is 0 Å². The van der Waals surface area contributed by atoms with Crippen LogP contribution in [0, 0.1) is 6.92 Å². The van der Waals surface area contributed by atoms with Gasteiger partial charge < -0.3 is 9.42 Å². The van der Waals surface area contributed by atoms with Crippen LogP contribution in [0.15, 0.2) is 57.5 Å². The predicted octanol–water partition coefficient (Wildman–Crippen LogP) is 4.57. The molecule has 0 atom stereocenters. The normalized spacial score (nSPS) is 18.4. The van der Waals surface area contributed by atoms with E-state index < -0.39 is 0 Å². The van der Waals surface area contributed by atoms with Gasteiger partial charge >= 0.3 is 0 Å². The van der Waals surface area contributed by atoms with Crippen molar-refractivity contribution in [1.29, 1.82) is 0 Å². The minimum Gasteiger partial charge on any atom is -0.339 e. The first-order valence-electron chi connectivity index (χ1n) is 11.2.